The van der Waals surface area contributed by atoms with Crippen LogP contribution >= 0.6 is 0 Å². The Hall–Kier alpha value is -5.78. The molecule has 32 nitrogen and oxygen atoms in total. The molecular weight excluding hydrogens is 756 g/mol. The zero-order chi connectivity index (χ0) is 46.0. The summed E-state index contributed by atoms with van der Waals surface area (Å²) in [7, 11) is 0. The van der Waals surface area contributed by atoms with Crippen LogP contribution in [-0.4, -0.2) is 199 Å². The molecule has 0 amide bonds. The molecule has 0 rings (SSSR count). The molecule has 32 heteroatoms. The Morgan fingerprint density at radius 3 is 0.370 bits per heavy atom. The van der Waals surface area contributed by atoms with Gasteiger partial charge >= 0.3 is 59.7 Å². The highest BCUT2D eigenvalue weighted by molar-refractivity contribution is 5.73. The van der Waals surface area contributed by atoms with E-state index in [1.165, 1.54) is 0 Å². The van der Waals surface area contributed by atoms with E-state index in [4.69, 9.17) is 72.7 Å². The number of carboxylic acid groups (broad SMARTS) is 10. The summed E-state index contributed by atoms with van der Waals surface area (Å²) in [5.74, 6) is -10.1. The number of aliphatic carboxylic acids is 10. The molecule has 0 unspecified atom stereocenters. The largest absolute Gasteiger partial charge is 0.480 e. The lowest BCUT2D eigenvalue weighted by molar-refractivity contribution is -0.140. The van der Waals surface area contributed by atoms with Gasteiger partial charge in [0, 0.05) is 0 Å². The van der Waals surface area contributed by atoms with E-state index in [2.05, 4.69) is 45.9 Å². The minimum Gasteiger partial charge on any atom is -0.480 e. The van der Waals surface area contributed by atoms with Gasteiger partial charge in [-0.15, -0.1) is 0 Å². The zero-order valence-electron chi connectivity index (χ0n) is 28.4. The van der Waals surface area contributed by atoms with Crippen LogP contribution < -0.4 is 57.3 Å². The van der Waals surface area contributed by atoms with E-state index in [1.807, 2.05) is 0 Å². The molecular formula is C22H54N10O22. The molecule has 0 aromatic heterocycles. The first kappa shape index (κ1) is 73.6. The van der Waals surface area contributed by atoms with Crippen LogP contribution in [0.25, 0.3) is 0 Å². The Kier molecular flexibility index (Phi) is 85.0. The predicted molar refractivity (Wildman–Crippen MR) is 179 cm³/mol. The van der Waals surface area contributed by atoms with Gasteiger partial charge in [0.1, 0.15) is 12.1 Å². The Morgan fingerprint density at radius 1 is 0.296 bits per heavy atom. The number of rotatable bonds is 12. The molecule has 0 aliphatic carbocycles. The number of hydrogen-bond acceptors (Lipinski definition) is 22. The molecule has 0 aliphatic heterocycles. The molecule has 0 aromatic rings. The first-order chi connectivity index (χ1) is 24.5. The number of aliphatic hydroxyl groups is 2. The molecule has 0 aromatic carbocycles. The van der Waals surface area contributed by atoms with E-state index in [1.54, 1.807) is 0 Å². The molecule has 324 valence electrons. The summed E-state index contributed by atoms with van der Waals surface area (Å²) >= 11 is 0. The Morgan fingerprint density at radius 2 is 0.370 bits per heavy atom. The standard InChI is InChI=1S/2C3H7NO3.8C2H5NO2/c2*4-2(1-5)3(6)7;8*3-1-2(4)5/h2*2,5H,1,4H2,(H,6,7);8*1,3H2,(H,4,5)/t2*2-;;;;;;;;/m00......../s1. The van der Waals surface area contributed by atoms with Crippen LogP contribution in [-0.2, 0) is 47.9 Å². The summed E-state index contributed by atoms with van der Waals surface area (Å²) in [6, 6.07) is -2.25. The van der Waals surface area contributed by atoms with Crippen molar-refractivity contribution in [3.05, 3.63) is 0 Å². The van der Waals surface area contributed by atoms with E-state index >= 15 is 0 Å². The van der Waals surface area contributed by atoms with Gasteiger partial charge in [-0.25, -0.2) is 0 Å². The third-order valence-electron chi connectivity index (χ3n) is 2.42. The zero-order valence-corrected chi connectivity index (χ0v) is 28.4. The Labute approximate surface area is 304 Å². The molecule has 0 heterocycles. The summed E-state index contributed by atoms with van der Waals surface area (Å²) in [4.78, 5) is 93.2. The highest BCUT2D eigenvalue weighted by atomic mass is 16.4. The lowest BCUT2D eigenvalue weighted by Gasteiger charge is -1.96. The monoisotopic (exact) mass is 810 g/mol. The van der Waals surface area contributed by atoms with E-state index < -0.39 is 85.0 Å². The van der Waals surface area contributed by atoms with Crippen LogP contribution in [0.1, 0.15) is 0 Å². The van der Waals surface area contributed by atoms with E-state index in [0.29, 0.717) is 0 Å². The van der Waals surface area contributed by atoms with Crippen LogP contribution in [0, 0.1) is 0 Å². The van der Waals surface area contributed by atoms with Gasteiger partial charge < -0.3 is 119 Å². The number of nitrogens with two attached hydrogens (primary N) is 10. The lowest BCUT2D eigenvalue weighted by Crippen LogP contribution is -2.33. The normalized spacial score (nSPS) is 8.96. The van der Waals surface area contributed by atoms with Crippen LogP contribution in [0.3, 0.4) is 0 Å². The molecule has 0 bridgehead atoms. The van der Waals surface area contributed by atoms with Crippen molar-refractivity contribution >= 4 is 59.7 Å². The van der Waals surface area contributed by atoms with Crippen LogP contribution in [0.15, 0.2) is 0 Å². The molecule has 0 radical (unpaired) electrons. The number of carbonyl (C=O) groups is 10. The van der Waals surface area contributed by atoms with Crippen molar-refractivity contribution in [2.75, 3.05) is 65.6 Å². The van der Waals surface area contributed by atoms with Crippen LogP contribution in [0.2, 0.25) is 0 Å². The summed E-state index contributed by atoms with van der Waals surface area (Å²) in [6.45, 7) is -3.23. The smallest absolute Gasteiger partial charge is 0.322 e. The second-order valence-electron chi connectivity index (χ2n) is 7.04. The van der Waals surface area contributed by atoms with Crippen molar-refractivity contribution < 1.29 is 109 Å². The second-order valence-corrected chi connectivity index (χ2v) is 7.04. The fourth-order valence-corrected chi connectivity index (χ4v) is 0.156. The van der Waals surface area contributed by atoms with Gasteiger partial charge in [0.2, 0.25) is 0 Å². The van der Waals surface area contributed by atoms with Crippen molar-refractivity contribution in [2.45, 2.75) is 12.1 Å². The Balaban J connectivity index is -0.0000000500. The van der Waals surface area contributed by atoms with Crippen molar-refractivity contribution in [1.29, 1.82) is 0 Å². The first-order valence-corrected chi connectivity index (χ1v) is 13.1. The highest BCUT2D eigenvalue weighted by Crippen LogP contribution is 1.71. The third kappa shape index (κ3) is 191. The Bertz CT molecular complexity index is 803. The van der Waals surface area contributed by atoms with Gasteiger partial charge in [-0.2, -0.15) is 0 Å². The first-order valence-electron chi connectivity index (χ1n) is 13.1. The maximum atomic E-state index is 9.65. The fourth-order valence-electron chi connectivity index (χ4n) is 0.156. The third-order valence-corrected chi connectivity index (χ3v) is 2.42. The second kappa shape index (κ2) is 62.4. The maximum absolute atomic E-state index is 9.65. The minimum absolute atomic E-state index is 0.278. The SMILES string of the molecule is NCC(=O)O.NCC(=O)O.NCC(=O)O.NCC(=O)O.NCC(=O)O.NCC(=O)O.NCC(=O)O.NCC(=O)O.N[C@@H](CO)C(=O)O.N[C@@H](CO)C(=O)O. The van der Waals surface area contributed by atoms with E-state index in [9.17, 15) is 47.9 Å². The summed E-state index contributed by atoms with van der Waals surface area (Å²) in [6.07, 6.45) is 0. The van der Waals surface area contributed by atoms with Gasteiger partial charge in [-0.05, 0) is 0 Å². The lowest BCUT2D eigenvalue weighted by atomic mass is 10.3. The molecule has 0 saturated carbocycles. The van der Waals surface area contributed by atoms with Crippen LogP contribution in [0.4, 0.5) is 0 Å². The van der Waals surface area contributed by atoms with Gasteiger partial charge in [-0.1, -0.05) is 0 Å². The quantitative estimate of drug-likeness (QED) is 0.0870. The summed E-state index contributed by atoms with van der Waals surface area (Å²) in [5, 5.41) is 92.6. The minimum atomic E-state index is -1.18. The van der Waals surface area contributed by atoms with Crippen LogP contribution in [0.5, 0.6) is 0 Å². The average molecular weight is 811 g/mol. The number of aliphatic hydroxyl groups excluding tert-OH is 2. The van der Waals surface area contributed by atoms with Gasteiger partial charge in [0.25, 0.3) is 0 Å². The average Bonchev–Trinajstić information content (AvgIpc) is 3.12. The van der Waals surface area contributed by atoms with E-state index in [-0.39, 0.29) is 52.4 Å². The van der Waals surface area contributed by atoms with E-state index in [0.717, 1.165) is 0 Å². The van der Waals surface area contributed by atoms with Crippen molar-refractivity contribution in [1.82, 2.24) is 0 Å². The number of carboxylic acids is 10. The number of hydrogen-bond donors (Lipinski definition) is 22. The molecule has 54 heavy (non-hydrogen) atoms. The molecule has 0 spiro atoms. The van der Waals surface area contributed by atoms with Crippen molar-refractivity contribution in [3.63, 3.8) is 0 Å². The topological polar surface area (TPSA) is 674 Å². The molecule has 32 N–H and O–H groups in total. The molecule has 2 atom stereocenters. The molecule has 0 saturated heterocycles. The van der Waals surface area contributed by atoms with Crippen molar-refractivity contribution in [2.24, 2.45) is 57.3 Å². The molecule has 0 aliphatic rings. The summed E-state index contributed by atoms with van der Waals surface area (Å²) in [5.41, 5.74) is 46.1. The highest BCUT2D eigenvalue weighted by Gasteiger charge is 2.07. The maximum Gasteiger partial charge on any atom is 0.322 e. The fraction of sp³-hybridized carbons (Fsp3) is 0.545. The molecule has 0 fully saturated rings. The van der Waals surface area contributed by atoms with Gasteiger partial charge in [0.15, 0.2) is 0 Å². The predicted octanol–water partition coefficient (Wildman–Crippen LogP) is -11.0. The van der Waals surface area contributed by atoms with Crippen molar-refractivity contribution in [3.8, 4) is 0 Å². The summed E-state index contributed by atoms with van der Waals surface area (Å²) < 4.78 is 0. The van der Waals surface area contributed by atoms with Gasteiger partial charge in [0.05, 0.1) is 65.6 Å². The van der Waals surface area contributed by atoms with Gasteiger partial charge in [-0.3, -0.25) is 47.9 Å².